The molecule has 2 aromatic rings. The highest BCUT2D eigenvalue weighted by Crippen LogP contribution is 2.18. The van der Waals surface area contributed by atoms with Gasteiger partial charge in [0.25, 0.3) is 0 Å². The van der Waals surface area contributed by atoms with Crippen LogP contribution in [0.2, 0.25) is 0 Å². The van der Waals surface area contributed by atoms with Crippen LogP contribution >= 0.6 is 0 Å². The summed E-state index contributed by atoms with van der Waals surface area (Å²) in [5, 5.41) is 11.5. The van der Waals surface area contributed by atoms with Crippen LogP contribution in [-0.4, -0.2) is 17.0 Å². The molecule has 1 aromatic heterocycles. The van der Waals surface area contributed by atoms with E-state index in [1.54, 1.807) is 6.07 Å². The lowest BCUT2D eigenvalue weighted by atomic mass is 9.98. The molecule has 1 unspecified atom stereocenters. The van der Waals surface area contributed by atoms with Crippen molar-refractivity contribution in [3.8, 4) is 0 Å². The molecule has 1 heterocycles. The van der Waals surface area contributed by atoms with Crippen molar-refractivity contribution in [2.45, 2.75) is 25.8 Å². The van der Waals surface area contributed by atoms with Crippen molar-refractivity contribution >= 4 is 11.9 Å². The summed E-state index contributed by atoms with van der Waals surface area (Å²) in [5.74, 6) is -0.799. The molecule has 0 aliphatic rings. The standard InChI is InChI=1S/C16H17NO4/c1-11(12-5-3-2-4-6-12)9-15(18)17-10-13-7-8-14(21-13)16(19)20/h2-8,11H,9-10H2,1H3,(H,17,18)(H,19,20). The Morgan fingerprint density at radius 3 is 2.52 bits per heavy atom. The Morgan fingerprint density at radius 2 is 1.90 bits per heavy atom. The molecule has 0 fully saturated rings. The number of carbonyl (C=O) groups excluding carboxylic acids is 1. The molecule has 5 heteroatoms. The van der Waals surface area contributed by atoms with E-state index >= 15 is 0 Å². The van der Waals surface area contributed by atoms with Gasteiger partial charge in [0.1, 0.15) is 5.76 Å². The minimum atomic E-state index is -1.12. The lowest BCUT2D eigenvalue weighted by Gasteiger charge is -2.11. The molecule has 110 valence electrons. The molecule has 2 rings (SSSR count). The summed E-state index contributed by atoms with van der Waals surface area (Å²) >= 11 is 0. The molecule has 2 N–H and O–H groups in total. The van der Waals surface area contributed by atoms with Crippen LogP contribution in [0.5, 0.6) is 0 Å². The Labute approximate surface area is 122 Å². The van der Waals surface area contributed by atoms with Crippen molar-refractivity contribution < 1.29 is 19.1 Å². The van der Waals surface area contributed by atoms with Gasteiger partial charge in [-0.25, -0.2) is 4.79 Å². The zero-order valence-electron chi connectivity index (χ0n) is 11.7. The van der Waals surface area contributed by atoms with E-state index in [1.807, 2.05) is 37.3 Å². The van der Waals surface area contributed by atoms with Gasteiger partial charge in [-0.15, -0.1) is 0 Å². The topological polar surface area (TPSA) is 79.5 Å². The Kier molecular flexibility index (Phi) is 4.77. The third-order valence-electron chi connectivity index (χ3n) is 3.19. The van der Waals surface area contributed by atoms with Gasteiger partial charge < -0.3 is 14.8 Å². The second-order valence-electron chi connectivity index (χ2n) is 4.86. The fraction of sp³-hybridized carbons (Fsp3) is 0.250. The third-order valence-corrected chi connectivity index (χ3v) is 3.19. The minimum absolute atomic E-state index is 0.0976. The second kappa shape index (κ2) is 6.74. The summed E-state index contributed by atoms with van der Waals surface area (Å²) in [4.78, 5) is 22.5. The van der Waals surface area contributed by atoms with E-state index < -0.39 is 5.97 Å². The maximum Gasteiger partial charge on any atom is 0.371 e. The van der Waals surface area contributed by atoms with Crippen LogP contribution in [0.3, 0.4) is 0 Å². The van der Waals surface area contributed by atoms with Gasteiger partial charge in [-0.3, -0.25) is 4.79 Å². The molecule has 21 heavy (non-hydrogen) atoms. The average molecular weight is 287 g/mol. The molecule has 0 bridgehead atoms. The predicted molar refractivity (Wildman–Crippen MR) is 77.0 cm³/mol. The van der Waals surface area contributed by atoms with E-state index in [2.05, 4.69) is 5.32 Å². The molecular formula is C16H17NO4. The van der Waals surface area contributed by atoms with Crippen molar-refractivity contribution in [2.75, 3.05) is 0 Å². The van der Waals surface area contributed by atoms with E-state index in [0.717, 1.165) is 5.56 Å². The van der Waals surface area contributed by atoms with Crippen molar-refractivity contribution in [1.29, 1.82) is 0 Å². The minimum Gasteiger partial charge on any atom is -0.475 e. The van der Waals surface area contributed by atoms with Crippen LogP contribution < -0.4 is 5.32 Å². The Hall–Kier alpha value is -2.56. The molecule has 0 saturated heterocycles. The van der Waals surface area contributed by atoms with Crippen LogP contribution in [0.25, 0.3) is 0 Å². The van der Waals surface area contributed by atoms with E-state index in [9.17, 15) is 9.59 Å². The lowest BCUT2D eigenvalue weighted by Crippen LogP contribution is -2.23. The van der Waals surface area contributed by atoms with E-state index in [1.165, 1.54) is 6.07 Å². The fourth-order valence-corrected chi connectivity index (χ4v) is 2.02. The SMILES string of the molecule is CC(CC(=O)NCc1ccc(C(=O)O)o1)c1ccccc1. The number of amides is 1. The number of carbonyl (C=O) groups is 2. The van der Waals surface area contributed by atoms with Crippen LogP contribution in [0.1, 0.15) is 41.1 Å². The number of nitrogens with one attached hydrogen (secondary N) is 1. The second-order valence-corrected chi connectivity index (χ2v) is 4.86. The van der Waals surface area contributed by atoms with E-state index in [0.29, 0.717) is 12.2 Å². The van der Waals surface area contributed by atoms with E-state index in [4.69, 9.17) is 9.52 Å². The number of carboxylic acid groups (broad SMARTS) is 1. The van der Waals surface area contributed by atoms with Gasteiger partial charge in [-0.2, -0.15) is 0 Å². The number of furan rings is 1. The molecule has 0 aliphatic heterocycles. The summed E-state index contributed by atoms with van der Waals surface area (Å²) in [6.07, 6.45) is 0.372. The first-order valence-corrected chi connectivity index (χ1v) is 6.70. The van der Waals surface area contributed by atoms with Crippen molar-refractivity contribution in [3.05, 3.63) is 59.5 Å². The summed E-state index contributed by atoms with van der Waals surface area (Å²) in [6, 6.07) is 12.7. The predicted octanol–water partition coefficient (Wildman–Crippen LogP) is 2.79. The molecule has 0 saturated carbocycles. The third kappa shape index (κ3) is 4.21. The van der Waals surface area contributed by atoms with Gasteiger partial charge in [0.15, 0.2) is 0 Å². The first kappa shape index (κ1) is 14.8. The zero-order valence-corrected chi connectivity index (χ0v) is 11.7. The molecule has 1 aromatic carbocycles. The summed E-state index contributed by atoms with van der Waals surface area (Å²) in [7, 11) is 0. The Balaban J connectivity index is 1.83. The average Bonchev–Trinajstić information content (AvgIpc) is 2.95. The maximum absolute atomic E-state index is 11.9. The molecular weight excluding hydrogens is 270 g/mol. The molecule has 0 aliphatic carbocycles. The van der Waals surface area contributed by atoms with Gasteiger partial charge in [0.2, 0.25) is 11.7 Å². The van der Waals surface area contributed by atoms with Gasteiger partial charge in [-0.1, -0.05) is 37.3 Å². The van der Waals surface area contributed by atoms with Gasteiger partial charge in [-0.05, 0) is 23.6 Å². The zero-order chi connectivity index (χ0) is 15.2. The quantitative estimate of drug-likeness (QED) is 0.856. The van der Waals surface area contributed by atoms with Crippen molar-refractivity contribution in [3.63, 3.8) is 0 Å². The normalized spacial score (nSPS) is 11.9. The highest BCUT2D eigenvalue weighted by atomic mass is 16.4. The van der Waals surface area contributed by atoms with Gasteiger partial charge in [0, 0.05) is 6.42 Å². The number of aromatic carboxylic acids is 1. The molecule has 5 nitrogen and oxygen atoms in total. The van der Waals surface area contributed by atoms with Crippen molar-refractivity contribution in [1.82, 2.24) is 5.32 Å². The highest BCUT2D eigenvalue weighted by molar-refractivity contribution is 5.84. The largest absolute Gasteiger partial charge is 0.475 e. The van der Waals surface area contributed by atoms with Crippen LogP contribution in [0, 0.1) is 0 Å². The number of carboxylic acids is 1. The van der Waals surface area contributed by atoms with Gasteiger partial charge in [0.05, 0.1) is 6.54 Å². The van der Waals surface area contributed by atoms with Crippen LogP contribution in [0.4, 0.5) is 0 Å². The number of hydrogen-bond acceptors (Lipinski definition) is 3. The van der Waals surface area contributed by atoms with Crippen LogP contribution in [0.15, 0.2) is 46.9 Å². The first-order chi connectivity index (χ1) is 10.1. The highest BCUT2D eigenvalue weighted by Gasteiger charge is 2.12. The maximum atomic E-state index is 11.9. The summed E-state index contributed by atoms with van der Waals surface area (Å²) in [6.45, 7) is 2.18. The first-order valence-electron chi connectivity index (χ1n) is 6.70. The number of hydrogen-bond donors (Lipinski definition) is 2. The molecule has 0 spiro atoms. The van der Waals surface area contributed by atoms with Gasteiger partial charge >= 0.3 is 5.97 Å². The number of benzene rings is 1. The monoisotopic (exact) mass is 287 g/mol. The summed E-state index contributed by atoms with van der Waals surface area (Å²) in [5.41, 5.74) is 1.11. The smallest absolute Gasteiger partial charge is 0.371 e. The Bertz CT molecular complexity index is 618. The molecule has 1 amide bonds. The van der Waals surface area contributed by atoms with Crippen molar-refractivity contribution in [2.24, 2.45) is 0 Å². The Morgan fingerprint density at radius 1 is 1.19 bits per heavy atom. The number of rotatable bonds is 6. The molecule has 1 atom stereocenters. The van der Waals surface area contributed by atoms with Crippen LogP contribution in [-0.2, 0) is 11.3 Å². The fourth-order valence-electron chi connectivity index (χ4n) is 2.02. The summed E-state index contributed by atoms with van der Waals surface area (Å²) < 4.78 is 5.07. The van der Waals surface area contributed by atoms with E-state index in [-0.39, 0.29) is 24.1 Å². The molecule has 0 radical (unpaired) electrons. The lowest BCUT2D eigenvalue weighted by molar-refractivity contribution is -0.121.